The summed E-state index contributed by atoms with van der Waals surface area (Å²) in [5.74, 6) is -0.128. The summed E-state index contributed by atoms with van der Waals surface area (Å²) < 4.78 is 15.0. The van der Waals surface area contributed by atoms with Crippen LogP contribution in [0.4, 0.5) is 4.39 Å². The lowest BCUT2D eigenvalue weighted by Crippen LogP contribution is -2.58. The van der Waals surface area contributed by atoms with Crippen LogP contribution in [0.5, 0.6) is 0 Å². The Morgan fingerprint density at radius 1 is 1.24 bits per heavy atom. The second-order valence-corrected chi connectivity index (χ2v) is 6.79. The second kappa shape index (κ2) is 8.25. The maximum Gasteiger partial charge on any atom is 0.126 e. The molecular weight excluding hydrogens is 331 g/mol. The largest absolute Gasteiger partial charge is 0.312 e. The van der Waals surface area contributed by atoms with E-state index in [-0.39, 0.29) is 17.4 Å². The number of rotatable bonds is 8. The van der Waals surface area contributed by atoms with Crippen LogP contribution >= 0.6 is 15.9 Å². The molecule has 0 heterocycles. The second-order valence-electron chi connectivity index (χ2n) is 5.88. The van der Waals surface area contributed by atoms with Crippen LogP contribution in [0.3, 0.4) is 0 Å². The van der Waals surface area contributed by atoms with Crippen molar-refractivity contribution in [3.63, 3.8) is 0 Å². The van der Waals surface area contributed by atoms with Gasteiger partial charge in [-0.3, -0.25) is 4.90 Å². The first-order valence-corrected chi connectivity index (χ1v) is 8.58. The molecule has 4 heteroatoms. The summed E-state index contributed by atoms with van der Waals surface area (Å²) in [6.07, 6.45) is 0.683. The van der Waals surface area contributed by atoms with E-state index >= 15 is 0 Å². The maximum absolute atomic E-state index is 14.1. The first-order chi connectivity index (χ1) is 9.86. The van der Waals surface area contributed by atoms with Gasteiger partial charge >= 0.3 is 0 Å². The zero-order chi connectivity index (χ0) is 16.0. The number of nitrogens with one attached hydrogen (secondary N) is 1. The maximum atomic E-state index is 14.1. The van der Waals surface area contributed by atoms with E-state index in [1.165, 1.54) is 6.07 Å². The molecule has 1 unspecified atom stereocenters. The van der Waals surface area contributed by atoms with Crippen molar-refractivity contribution in [3.8, 4) is 0 Å². The van der Waals surface area contributed by atoms with Crippen molar-refractivity contribution < 1.29 is 4.39 Å². The molecule has 0 bridgehead atoms. The van der Waals surface area contributed by atoms with E-state index in [1.54, 1.807) is 6.07 Å². The monoisotopic (exact) mass is 358 g/mol. The van der Waals surface area contributed by atoms with Gasteiger partial charge in [-0.25, -0.2) is 4.39 Å². The lowest BCUT2D eigenvalue weighted by molar-refractivity contribution is 0.0915. The summed E-state index contributed by atoms with van der Waals surface area (Å²) in [5, 5.41) is 3.54. The molecule has 0 radical (unpaired) electrons. The summed E-state index contributed by atoms with van der Waals surface area (Å²) in [5.41, 5.74) is 0.726. The lowest BCUT2D eigenvalue weighted by atomic mass is 9.87. The average Bonchev–Trinajstić information content (AvgIpc) is 2.43. The van der Waals surface area contributed by atoms with E-state index in [4.69, 9.17) is 0 Å². The minimum atomic E-state index is -0.128. The van der Waals surface area contributed by atoms with Gasteiger partial charge in [0.15, 0.2) is 0 Å². The minimum absolute atomic E-state index is 0.0335. The Hall–Kier alpha value is -0.450. The van der Waals surface area contributed by atoms with Gasteiger partial charge in [-0.1, -0.05) is 36.7 Å². The number of nitrogens with zero attached hydrogens (tertiary/aromatic N) is 1. The van der Waals surface area contributed by atoms with E-state index in [2.05, 4.69) is 60.8 Å². The Balaban J connectivity index is 3.03. The van der Waals surface area contributed by atoms with Gasteiger partial charge in [0, 0.05) is 16.1 Å². The van der Waals surface area contributed by atoms with Gasteiger partial charge in [0.25, 0.3) is 0 Å². The Kier molecular flexibility index (Phi) is 7.31. The molecule has 2 nitrogen and oxygen atoms in total. The van der Waals surface area contributed by atoms with Crippen LogP contribution < -0.4 is 5.32 Å². The summed E-state index contributed by atoms with van der Waals surface area (Å²) in [7, 11) is 0. The molecule has 0 saturated heterocycles. The lowest BCUT2D eigenvalue weighted by Gasteiger charge is -2.44. The van der Waals surface area contributed by atoms with E-state index in [0.29, 0.717) is 6.42 Å². The molecule has 21 heavy (non-hydrogen) atoms. The normalized spacial score (nSPS) is 13.7. The third-order valence-corrected chi connectivity index (χ3v) is 4.81. The van der Waals surface area contributed by atoms with Crippen molar-refractivity contribution in [2.24, 2.45) is 0 Å². The Bertz CT molecular complexity index is 444. The van der Waals surface area contributed by atoms with Crippen molar-refractivity contribution in [2.45, 2.75) is 52.6 Å². The fourth-order valence-electron chi connectivity index (χ4n) is 3.00. The highest BCUT2D eigenvalue weighted by Gasteiger charge is 2.33. The first-order valence-electron chi connectivity index (χ1n) is 7.79. The zero-order valence-electron chi connectivity index (χ0n) is 13.8. The van der Waals surface area contributed by atoms with Gasteiger partial charge in [-0.05, 0) is 63.7 Å². The Labute approximate surface area is 137 Å². The zero-order valence-corrected chi connectivity index (χ0v) is 15.4. The molecule has 120 valence electrons. The van der Waals surface area contributed by atoms with Crippen molar-refractivity contribution >= 4 is 15.9 Å². The summed E-state index contributed by atoms with van der Waals surface area (Å²) in [4.78, 5) is 2.43. The third-order valence-electron chi connectivity index (χ3n) is 4.31. The molecule has 0 spiro atoms. The standard InChI is InChI=1S/C17H28BrFN2/c1-6-20-16(17(4,5)21(7-2)8-3)12-13-11-14(18)9-10-15(13)19/h9-11,16,20H,6-8,12H2,1-5H3. The summed E-state index contributed by atoms with van der Waals surface area (Å²) in [6.45, 7) is 13.8. The molecule has 0 fully saturated rings. The fourth-order valence-corrected chi connectivity index (χ4v) is 3.41. The van der Waals surface area contributed by atoms with Crippen LogP contribution in [0.1, 0.15) is 40.2 Å². The molecular formula is C17H28BrFN2. The van der Waals surface area contributed by atoms with E-state index in [1.807, 2.05) is 6.07 Å². The molecule has 0 saturated carbocycles. The number of benzene rings is 1. The predicted molar refractivity (Wildman–Crippen MR) is 92.3 cm³/mol. The van der Waals surface area contributed by atoms with Crippen molar-refractivity contribution in [1.29, 1.82) is 0 Å². The molecule has 0 aliphatic carbocycles. The summed E-state index contributed by atoms with van der Waals surface area (Å²) in [6, 6.07) is 5.37. The minimum Gasteiger partial charge on any atom is -0.312 e. The number of likely N-dealkylation sites (N-methyl/N-ethyl adjacent to an activating group) is 2. The highest BCUT2D eigenvalue weighted by molar-refractivity contribution is 9.10. The van der Waals surface area contributed by atoms with Crippen LogP contribution in [0.2, 0.25) is 0 Å². The average molecular weight is 359 g/mol. The molecule has 0 aliphatic rings. The smallest absolute Gasteiger partial charge is 0.126 e. The number of hydrogen-bond acceptors (Lipinski definition) is 2. The van der Waals surface area contributed by atoms with E-state index in [0.717, 1.165) is 29.7 Å². The topological polar surface area (TPSA) is 15.3 Å². The highest BCUT2D eigenvalue weighted by Crippen LogP contribution is 2.24. The van der Waals surface area contributed by atoms with E-state index in [9.17, 15) is 4.39 Å². The van der Waals surface area contributed by atoms with Crippen LogP contribution in [0.15, 0.2) is 22.7 Å². The van der Waals surface area contributed by atoms with Gasteiger partial charge in [-0.2, -0.15) is 0 Å². The molecule has 0 aliphatic heterocycles. The van der Waals surface area contributed by atoms with Crippen LogP contribution in [-0.4, -0.2) is 36.1 Å². The molecule has 1 rings (SSSR count). The van der Waals surface area contributed by atoms with Crippen LogP contribution in [0.25, 0.3) is 0 Å². The van der Waals surface area contributed by atoms with Crippen molar-refractivity contribution in [2.75, 3.05) is 19.6 Å². The first kappa shape index (κ1) is 18.6. The number of hydrogen-bond donors (Lipinski definition) is 1. The molecule has 0 amide bonds. The molecule has 0 aromatic heterocycles. The van der Waals surface area contributed by atoms with Gasteiger partial charge in [0.05, 0.1) is 0 Å². The molecule has 1 aromatic carbocycles. The molecule has 1 atom stereocenters. The third kappa shape index (κ3) is 4.76. The highest BCUT2D eigenvalue weighted by atomic mass is 79.9. The van der Waals surface area contributed by atoms with Gasteiger partial charge in [-0.15, -0.1) is 0 Å². The van der Waals surface area contributed by atoms with Crippen molar-refractivity contribution in [1.82, 2.24) is 10.2 Å². The molecule has 1 aromatic rings. The fraction of sp³-hybridized carbons (Fsp3) is 0.647. The van der Waals surface area contributed by atoms with Gasteiger partial charge in [0.2, 0.25) is 0 Å². The van der Waals surface area contributed by atoms with Crippen LogP contribution in [-0.2, 0) is 6.42 Å². The summed E-state index contributed by atoms with van der Waals surface area (Å²) >= 11 is 3.43. The van der Waals surface area contributed by atoms with Gasteiger partial charge in [0.1, 0.15) is 5.82 Å². The van der Waals surface area contributed by atoms with Crippen LogP contribution in [0, 0.1) is 5.82 Å². The molecule has 1 N–H and O–H groups in total. The van der Waals surface area contributed by atoms with Crippen molar-refractivity contribution in [3.05, 3.63) is 34.1 Å². The predicted octanol–water partition coefficient (Wildman–Crippen LogP) is 4.23. The SMILES string of the molecule is CCNC(Cc1cc(Br)ccc1F)C(C)(C)N(CC)CC. The van der Waals surface area contributed by atoms with Gasteiger partial charge < -0.3 is 5.32 Å². The quantitative estimate of drug-likeness (QED) is 0.747. The Morgan fingerprint density at radius 2 is 1.86 bits per heavy atom. The Morgan fingerprint density at radius 3 is 2.38 bits per heavy atom. The van der Waals surface area contributed by atoms with E-state index < -0.39 is 0 Å². The number of halogens is 2.